The number of nitrogens with zero attached hydrogens (tertiary/aromatic N) is 1. The molecule has 0 spiro atoms. The highest BCUT2D eigenvalue weighted by Gasteiger charge is 2.38. The normalized spacial score (nSPS) is 22.2. The van der Waals surface area contributed by atoms with Gasteiger partial charge in [-0.15, -0.1) is 0 Å². The van der Waals surface area contributed by atoms with E-state index < -0.39 is 5.60 Å². The number of hydrogen-bond acceptors (Lipinski definition) is 3. The highest BCUT2D eigenvalue weighted by atomic mass is 16.3. The molecule has 0 aromatic heterocycles. The molecule has 1 aliphatic carbocycles. The number of carbonyl (C=O) groups is 1. The summed E-state index contributed by atoms with van der Waals surface area (Å²) in [4.78, 5) is 14.7. The van der Waals surface area contributed by atoms with Crippen LogP contribution in [0.25, 0.3) is 0 Å². The third kappa shape index (κ3) is 4.12. The fourth-order valence-corrected chi connectivity index (χ4v) is 3.61. The quantitative estimate of drug-likeness (QED) is 0.897. The first kappa shape index (κ1) is 16.5. The van der Waals surface area contributed by atoms with Crippen LogP contribution in [0, 0.1) is 5.92 Å². The van der Waals surface area contributed by atoms with Crippen LogP contribution in [0.5, 0.6) is 0 Å². The third-order valence-corrected chi connectivity index (χ3v) is 5.35. The molecule has 3 rings (SSSR count). The summed E-state index contributed by atoms with van der Waals surface area (Å²) in [5, 5.41) is 13.2. The van der Waals surface area contributed by atoms with Gasteiger partial charge in [-0.05, 0) is 75.2 Å². The second kappa shape index (κ2) is 7.02. The van der Waals surface area contributed by atoms with Gasteiger partial charge in [-0.2, -0.15) is 0 Å². The van der Waals surface area contributed by atoms with Gasteiger partial charge in [0.1, 0.15) is 5.60 Å². The zero-order valence-corrected chi connectivity index (χ0v) is 14.1. The summed E-state index contributed by atoms with van der Waals surface area (Å²) in [7, 11) is 0. The van der Waals surface area contributed by atoms with Crippen molar-refractivity contribution in [3.63, 3.8) is 0 Å². The van der Waals surface area contributed by atoms with Gasteiger partial charge in [-0.1, -0.05) is 19.1 Å². The third-order valence-electron chi connectivity index (χ3n) is 5.35. The van der Waals surface area contributed by atoms with Crippen molar-refractivity contribution in [2.75, 3.05) is 18.4 Å². The molecule has 23 heavy (non-hydrogen) atoms. The predicted octanol–water partition coefficient (Wildman–Crippen LogP) is 3.16. The number of carbonyl (C=O) groups excluding carboxylic acids is 1. The molecule has 0 radical (unpaired) electrons. The molecule has 2 N–H and O–H groups in total. The lowest BCUT2D eigenvalue weighted by molar-refractivity contribution is -0.133. The summed E-state index contributed by atoms with van der Waals surface area (Å²) in [6, 6.07) is 8.04. The van der Waals surface area contributed by atoms with Crippen molar-refractivity contribution in [2.45, 2.75) is 57.6 Å². The smallest absolute Gasteiger partial charge is 0.256 e. The second-order valence-corrected chi connectivity index (χ2v) is 7.35. The topological polar surface area (TPSA) is 52.6 Å². The van der Waals surface area contributed by atoms with Gasteiger partial charge in [-0.3, -0.25) is 9.69 Å². The Morgan fingerprint density at radius 2 is 1.83 bits per heavy atom. The summed E-state index contributed by atoms with van der Waals surface area (Å²) in [5.41, 5.74) is 0.881. The van der Waals surface area contributed by atoms with Crippen molar-refractivity contribution < 1.29 is 9.90 Å². The maximum atomic E-state index is 12.2. The lowest BCUT2D eigenvalue weighted by atomic mass is 9.99. The molecule has 1 saturated heterocycles. The molecule has 4 nitrogen and oxygen atoms in total. The van der Waals surface area contributed by atoms with Gasteiger partial charge in [0.15, 0.2) is 0 Å². The van der Waals surface area contributed by atoms with E-state index >= 15 is 0 Å². The second-order valence-electron chi connectivity index (χ2n) is 7.35. The van der Waals surface area contributed by atoms with Gasteiger partial charge < -0.3 is 10.4 Å². The monoisotopic (exact) mass is 316 g/mol. The summed E-state index contributed by atoms with van der Waals surface area (Å²) in [5.74, 6) is 0.595. The van der Waals surface area contributed by atoms with Gasteiger partial charge in [0.2, 0.25) is 0 Å². The molecule has 1 aliphatic heterocycles. The zero-order valence-electron chi connectivity index (χ0n) is 14.1. The number of benzene rings is 1. The average molecular weight is 316 g/mol. The first-order valence-corrected chi connectivity index (χ1v) is 8.90. The number of hydrogen-bond donors (Lipinski definition) is 2. The van der Waals surface area contributed by atoms with E-state index in [0.717, 1.165) is 31.0 Å². The minimum atomic E-state index is -1.16. The van der Waals surface area contributed by atoms with Gasteiger partial charge in [0.05, 0.1) is 0 Å². The SMILES string of the molecule is CC1CCN(Cc2ccc(NC(=O)C3(O)CCCC3)cc2)CC1. The Morgan fingerprint density at radius 3 is 2.43 bits per heavy atom. The van der Waals surface area contributed by atoms with Crippen LogP contribution in [0.1, 0.15) is 51.0 Å². The highest BCUT2D eigenvalue weighted by Crippen LogP contribution is 2.30. The van der Waals surface area contributed by atoms with E-state index in [9.17, 15) is 9.90 Å². The molecule has 1 amide bonds. The van der Waals surface area contributed by atoms with Crippen molar-refractivity contribution in [1.29, 1.82) is 0 Å². The molecular formula is C19H28N2O2. The minimum Gasteiger partial charge on any atom is -0.380 e. The highest BCUT2D eigenvalue weighted by molar-refractivity contribution is 5.97. The first-order valence-electron chi connectivity index (χ1n) is 8.90. The molecule has 1 aromatic carbocycles. The molecular weight excluding hydrogens is 288 g/mol. The van der Waals surface area contributed by atoms with Crippen LogP contribution in [0.15, 0.2) is 24.3 Å². The standard InChI is InChI=1S/C19H28N2O2/c1-15-8-12-21(13-9-15)14-16-4-6-17(7-5-16)20-18(22)19(23)10-2-3-11-19/h4-7,15,23H,2-3,8-14H2,1H3,(H,20,22). The Morgan fingerprint density at radius 1 is 1.22 bits per heavy atom. The number of amides is 1. The van der Waals surface area contributed by atoms with E-state index in [1.165, 1.54) is 31.5 Å². The molecule has 0 bridgehead atoms. The van der Waals surface area contributed by atoms with E-state index in [1.54, 1.807) is 0 Å². The van der Waals surface area contributed by atoms with E-state index in [0.29, 0.717) is 12.8 Å². The van der Waals surface area contributed by atoms with E-state index in [4.69, 9.17) is 0 Å². The molecule has 0 atom stereocenters. The van der Waals surface area contributed by atoms with Crippen LogP contribution in [0.2, 0.25) is 0 Å². The zero-order chi connectivity index (χ0) is 16.3. The Labute approximate surface area is 138 Å². The Kier molecular flexibility index (Phi) is 5.02. The predicted molar refractivity (Wildman–Crippen MR) is 92.2 cm³/mol. The van der Waals surface area contributed by atoms with Crippen molar-refractivity contribution in [1.82, 2.24) is 4.90 Å². The molecule has 0 unspecified atom stereocenters. The largest absolute Gasteiger partial charge is 0.380 e. The van der Waals surface area contributed by atoms with Crippen molar-refractivity contribution in [2.24, 2.45) is 5.92 Å². The first-order chi connectivity index (χ1) is 11.0. The van der Waals surface area contributed by atoms with Crippen LogP contribution in [0.3, 0.4) is 0 Å². The number of nitrogens with one attached hydrogen (secondary N) is 1. The Balaban J connectivity index is 1.53. The van der Waals surface area contributed by atoms with E-state index in [2.05, 4.69) is 29.3 Å². The summed E-state index contributed by atoms with van der Waals surface area (Å²) in [6.07, 6.45) is 5.57. The maximum absolute atomic E-state index is 12.2. The minimum absolute atomic E-state index is 0.257. The average Bonchev–Trinajstić information content (AvgIpc) is 3.00. The number of likely N-dealkylation sites (tertiary alicyclic amines) is 1. The van der Waals surface area contributed by atoms with Crippen LogP contribution in [0.4, 0.5) is 5.69 Å². The molecule has 1 saturated carbocycles. The van der Waals surface area contributed by atoms with Crippen LogP contribution >= 0.6 is 0 Å². The van der Waals surface area contributed by atoms with Crippen LogP contribution < -0.4 is 5.32 Å². The number of anilines is 1. The van der Waals surface area contributed by atoms with Crippen molar-refractivity contribution >= 4 is 11.6 Å². The van der Waals surface area contributed by atoms with Crippen LogP contribution in [-0.2, 0) is 11.3 Å². The lowest BCUT2D eigenvalue weighted by Crippen LogP contribution is -2.40. The number of aliphatic hydroxyl groups is 1. The molecule has 4 heteroatoms. The fourth-order valence-electron chi connectivity index (χ4n) is 3.61. The molecule has 1 heterocycles. The molecule has 2 fully saturated rings. The van der Waals surface area contributed by atoms with Crippen LogP contribution in [-0.4, -0.2) is 34.6 Å². The Bertz CT molecular complexity index is 527. The molecule has 1 aromatic rings. The summed E-state index contributed by atoms with van der Waals surface area (Å²) >= 11 is 0. The lowest BCUT2D eigenvalue weighted by Gasteiger charge is -2.30. The number of rotatable bonds is 4. The fraction of sp³-hybridized carbons (Fsp3) is 0.632. The van der Waals surface area contributed by atoms with Gasteiger partial charge in [-0.25, -0.2) is 0 Å². The Hall–Kier alpha value is -1.39. The van der Waals surface area contributed by atoms with Crippen molar-refractivity contribution in [3.05, 3.63) is 29.8 Å². The van der Waals surface area contributed by atoms with Gasteiger partial charge >= 0.3 is 0 Å². The molecule has 126 valence electrons. The summed E-state index contributed by atoms with van der Waals surface area (Å²) in [6.45, 7) is 5.65. The van der Waals surface area contributed by atoms with Gasteiger partial charge in [0, 0.05) is 12.2 Å². The van der Waals surface area contributed by atoms with Gasteiger partial charge in [0.25, 0.3) is 5.91 Å². The number of piperidine rings is 1. The van der Waals surface area contributed by atoms with Crippen molar-refractivity contribution in [3.8, 4) is 0 Å². The van der Waals surface area contributed by atoms with E-state index in [-0.39, 0.29) is 5.91 Å². The summed E-state index contributed by atoms with van der Waals surface area (Å²) < 4.78 is 0. The maximum Gasteiger partial charge on any atom is 0.256 e. The molecule has 2 aliphatic rings. The van der Waals surface area contributed by atoms with E-state index in [1.807, 2.05) is 12.1 Å².